The van der Waals surface area contributed by atoms with Gasteiger partial charge in [-0.25, -0.2) is 0 Å². The molecule has 0 aromatic heterocycles. The van der Waals surface area contributed by atoms with Crippen molar-refractivity contribution >= 4 is 5.97 Å². The van der Waals surface area contributed by atoms with E-state index >= 15 is 0 Å². The standard InChI is InChI=1S/C18H20O4.C16H17O.Co.O/c1-13(20)22-17-9-5-15(6-10-17)18(2,11-12-19)14-3-7-16(21)8-4-14;1-16(2,13-7-5-4-6-8-13)14-9-11-15(17-3)12-10-14;;/h3-10,19,21H,11-12H2,1-2H3;5-12H,1-3H3;;/q;-1;;. The fraction of sp³-hybridized carbons (Fsp3) is 0.265. The Bertz CT molecular complexity index is 1340. The molecule has 0 aliphatic heterocycles. The van der Waals surface area contributed by atoms with Gasteiger partial charge in [0, 0.05) is 18.9 Å². The molecule has 41 heavy (non-hydrogen) atoms. The van der Waals surface area contributed by atoms with Crippen molar-refractivity contribution < 1.29 is 44.0 Å². The van der Waals surface area contributed by atoms with Crippen LogP contribution < -0.4 is 9.47 Å². The quantitative estimate of drug-likeness (QED) is 0.133. The van der Waals surface area contributed by atoms with E-state index in [1.54, 1.807) is 31.4 Å². The van der Waals surface area contributed by atoms with Gasteiger partial charge in [0.05, 0.1) is 7.11 Å². The molecule has 0 saturated heterocycles. The van der Waals surface area contributed by atoms with E-state index < -0.39 is 5.41 Å². The first-order valence-corrected chi connectivity index (χ1v) is 13.5. The van der Waals surface area contributed by atoms with Gasteiger partial charge < -0.3 is 19.7 Å². The summed E-state index contributed by atoms with van der Waals surface area (Å²) in [6, 6.07) is 33.7. The number of aliphatic hydroxyl groups excluding tert-OH is 1. The van der Waals surface area contributed by atoms with Crippen molar-refractivity contribution in [2.24, 2.45) is 0 Å². The summed E-state index contributed by atoms with van der Waals surface area (Å²) in [5.41, 5.74) is 4.19. The van der Waals surface area contributed by atoms with Crippen molar-refractivity contribution in [1.29, 1.82) is 0 Å². The van der Waals surface area contributed by atoms with Crippen molar-refractivity contribution in [3.63, 3.8) is 0 Å². The Morgan fingerprint density at radius 3 is 1.66 bits per heavy atom. The van der Waals surface area contributed by atoms with Crippen molar-refractivity contribution in [3.05, 3.63) is 125 Å². The third-order valence-corrected chi connectivity index (χ3v) is 7.12. The van der Waals surface area contributed by atoms with Gasteiger partial charge in [0.1, 0.15) is 17.2 Å². The molecule has 0 aliphatic carbocycles. The molecule has 2 N–H and O–H groups in total. The SMILES string of the molecule is CC(=O)Oc1ccc(C(C)(CCO)c2ccc(O)cc2)cc1.COc1ccc(C(C)(C)c2cc[c-]cc2)cc1.[O]=[Co]. The average molecular weight is 601 g/mol. The first-order chi connectivity index (χ1) is 19.6. The van der Waals surface area contributed by atoms with Crippen LogP contribution >= 0.6 is 0 Å². The predicted molar refractivity (Wildman–Crippen MR) is 155 cm³/mol. The number of hydrogen-bond donors (Lipinski definition) is 2. The number of carbonyl (C=O) groups is 1. The number of aromatic hydroxyl groups is 1. The van der Waals surface area contributed by atoms with E-state index in [1.165, 1.54) is 18.1 Å². The number of methoxy groups -OCH3 is 1. The number of aliphatic hydroxyl groups is 1. The fourth-order valence-electron chi connectivity index (χ4n) is 4.54. The van der Waals surface area contributed by atoms with Crippen molar-refractivity contribution in [2.75, 3.05) is 13.7 Å². The van der Waals surface area contributed by atoms with Gasteiger partial charge in [-0.3, -0.25) is 4.79 Å². The van der Waals surface area contributed by atoms with E-state index in [0.717, 1.165) is 16.9 Å². The summed E-state index contributed by atoms with van der Waals surface area (Å²) in [6.45, 7) is 7.90. The summed E-state index contributed by atoms with van der Waals surface area (Å²) in [6.07, 6.45) is 0.546. The minimum absolute atomic E-state index is 0.00136. The summed E-state index contributed by atoms with van der Waals surface area (Å²) >= 11 is 2.31. The molecule has 1 unspecified atom stereocenters. The first-order valence-electron chi connectivity index (χ1n) is 13.0. The second-order valence-electron chi connectivity index (χ2n) is 10.1. The van der Waals surface area contributed by atoms with Crippen LogP contribution in [0.5, 0.6) is 17.2 Å². The zero-order chi connectivity index (χ0) is 30.5. The molecule has 219 valence electrons. The van der Waals surface area contributed by atoms with Gasteiger partial charge in [-0.2, -0.15) is 30.3 Å². The second-order valence-corrected chi connectivity index (χ2v) is 10.1. The van der Waals surface area contributed by atoms with Gasteiger partial charge in [-0.05, 0) is 64.9 Å². The fourth-order valence-corrected chi connectivity index (χ4v) is 4.54. The van der Waals surface area contributed by atoms with Crippen molar-refractivity contribution in [2.45, 2.75) is 44.9 Å². The number of esters is 1. The van der Waals surface area contributed by atoms with Gasteiger partial charge in [-0.1, -0.05) is 57.2 Å². The average Bonchev–Trinajstić information content (AvgIpc) is 2.99. The third-order valence-electron chi connectivity index (χ3n) is 7.12. The normalized spacial score (nSPS) is 12.0. The van der Waals surface area contributed by atoms with Gasteiger partial charge in [0.15, 0.2) is 0 Å². The van der Waals surface area contributed by atoms with Gasteiger partial charge in [0.2, 0.25) is 0 Å². The molecule has 0 fully saturated rings. The molecule has 0 bridgehead atoms. The summed E-state index contributed by atoms with van der Waals surface area (Å²) in [4.78, 5) is 11.0. The van der Waals surface area contributed by atoms with Crippen molar-refractivity contribution in [1.82, 2.24) is 0 Å². The van der Waals surface area contributed by atoms with E-state index in [-0.39, 0.29) is 23.7 Å². The van der Waals surface area contributed by atoms with E-state index in [9.17, 15) is 15.0 Å². The molecular weight excluding hydrogens is 563 g/mol. The monoisotopic (exact) mass is 600 g/mol. The molecule has 0 amide bonds. The Morgan fingerprint density at radius 1 is 0.756 bits per heavy atom. The second kappa shape index (κ2) is 15.9. The molecule has 1 atom stereocenters. The van der Waals surface area contributed by atoms with Crippen LogP contribution in [-0.2, 0) is 35.2 Å². The van der Waals surface area contributed by atoms with E-state index in [0.29, 0.717) is 12.2 Å². The molecule has 0 heterocycles. The van der Waals surface area contributed by atoms with Crippen LogP contribution in [0.4, 0.5) is 0 Å². The topological polar surface area (TPSA) is 93.1 Å². The van der Waals surface area contributed by atoms with Crippen LogP contribution in [-0.4, -0.2) is 29.9 Å². The maximum atomic E-state index is 11.0. The van der Waals surface area contributed by atoms with Crippen LogP contribution in [0.1, 0.15) is 56.4 Å². The van der Waals surface area contributed by atoms with Crippen molar-refractivity contribution in [3.8, 4) is 17.2 Å². The number of hydrogen-bond acceptors (Lipinski definition) is 6. The maximum absolute atomic E-state index is 11.0. The number of phenolic OH excluding ortho intramolecular Hbond substituents is 1. The summed E-state index contributed by atoms with van der Waals surface area (Å²) < 4.78 is 18.2. The minimum atomic E-state index is -0.392. The number of phenols is 1. The summed E-state index contributed by atoms with van der Waals surface area (Å²) in [5.74, 6) is 1.24. The number of ether oxygens (including phenoxy) is 2. The third kappa shape index (κ3) is 9.11. The Balaban J connectivity index is 0.000000278. The summed E-state index contributed by atoms with van der Waals surface area (Å²) in [7, 11) is 1.69. The molecule has 0 saturated carbocycles. The Kier molecular flexibility index (Phi) is 12.9. The molecule has 0 aliphatic rings. The summed E-state index contributed by atoms with van der Waals surface area (Å²) in [5, 5.41) is 18.9. The Morgan fingerprint density at radius 2 is 1.20 bits per heavy atom. The molecular formula is C34H37CoO6-. The van der Waals surface area contributed by atoms with Gasteiger partial charge in [-0.15, -0.1) is 5.56 Å². The van der Waals surface area contributed by atoms with E-state index in [4.69, 9.17) is 13.3 Å². The molecule has 7 heteroatoms. The first kappa shape index (κ1) is 33.4. The van der Waals surface area contributed by atoms with Gasteiger partial charge in [0.25, 0.3) is 0 Å². The molecule has 4 aromatic carbocycles. The molecule has 0 radical (unpaired) electrons. The Labute approximate surface area is 250 Å². The molecule has 4 aromatic rings. The van der Waals surface area contributed by atoms with Gasteiger partial charge >= 0.3 is 25.5 Å². The zero-order valence-electron chi connectivity index (χ0n) is 24.0. The van der Waals surface area contributed by atoms with Crippen LogP contribution in [0.2, 0.25) is 0 Å². The Hall–Kier alpha value is -3.78. The number of rotatable bonds is 8. The molecule has 0 spiro atoms. The predicted octanol–water partition coefficient (Wildman–Crippen LogP) is 6.71. The van der Waals surface area contributed by atoms with Crippen LogP contribution in [0, 0.1) is 6.07 Å². The number of carbonyl (C=O) groups excluding carboxylic acids is 1. The van der Waals surface area contributed by atoms with Crippen LogP contribution in [0.25, 0.3) is 0 Å². The van der Waals surface area contributed by atoms with E-state index in [2.05, 4.69) is 59.8 Å². The number of benzene rings is 4. The van der Waals surface area contributed by atoms with Crippen LogP contribution in [0.3, 0.4) is 0 Å². The van der Waals surface area contributed by atoms with Crippen LogP contribution in [0.15, 0.2) is 97.1 Å². The molecule has 6 nitrogen and oxygen atoms in total. The van der Waals surface area contributed by atoms with E-state index in [1.807, 2.05) is 55.5 Å². The zero-order valence-corrected chi connectivity index (χ0v) is 25.1. The molecule has 4 rings (SSSR count).